The molecule has 0 saturated heterocycles. The molecule has 1 N–H and O–H groups in total. The SMILES string of the molecule is C=CC(C)(CNCCOC)Cc1cc(CC)nn1CC. The summed E-state index contributed by atoms with van der Waals surface area (Å²) in [4.78, 5) is 0. The van der Waals surface area contributed by atoms with Crippen LogP contribution in [-0.2, 0) is 24.1 Å². The third-order valence-corrected chi connectivity index (χ3v) is 3.67. The first kappa shape index (κ1) is 16.9. The molecule has 0 bridgehead atoms. The summed E-state index contributed by atoms with van der Waals surface area (Å²) in [5, 5.41) is 8.05. The molecule has 0 fully saturated rings. The number of ether oxygens (including phenoxy) is 1. The van der Waals surface area contributed by atoms with Crippen molar-refractivity contribution >= 4 is 0 Å². The molecule has 20 heavy (non-hydrogen) atoms. The van der Waals surface area contributed by atoms with E-state index in [-0.39, 0.29) is 5.41 Å². The topological polar surface area (TPSA) is 39.1 Å². The molecule has 0 aliphatic carbocycles. The average molecular weight is 279 g/mol. The molecule has 1 atom stereocenters. The Morgan fingerprint density at radius 2 is 2.25 bits per heavy atom. The van der Waals surface area contributed by atoms with Crippen molar-refractivity contribution in [2.24, 2.45) is 5.41 Å². The highest BCUT2D eigenvalue weighted by atomic mass is 16.5. The number of methoxy groups -OCH3 is 1. The minimum absolute atomic E-state index is 0.0334. The Kier molecular flexibility index (Phi) is 6.96. The number of hydrogen-bond acceptors (Lipinski definition) is 3. The van der Waals surface area contributed by atoms with E-state index in [9.17, 15) is 0 Å². The number of aromatic nitrogens is 2. The summed E-state index contributed by atoms with van der Waals surface area (Å²) < 4.78 is 7.17. The predicted octanol–water partition coefficient (Wildman–Crippen LogP) is 2.44. The maximum absolute atomic E-state index is 5.06. The Bertz CT molecular complexity index is 414. The summed E-state index contributed by atoms with van der Waals surface area (Å²) >= 11 is 0. The van der Waals surface area contributed by atoms with E-state index in [0.29, 0.717) is 0 Å². The van der Waals surface area contributed by atoms with Crippen LogP contribution in [0.2, 0.25) is 0 Å². The molecule has 114 valence electrons. The fraction of sp³-hybridized carbons (Fsp3) is 0.688. The number of aryl methyl sites for hydroxylation is 2. The van der Waals surface area contributed by atoms with E-state index in [1.165, 1.54) is 11.4 Å². The van der Waals surface area contributed by atoms with Gasteiger partial charge in [0, 0.05) is 37.9 Å². The van der Waals surface area contributed by atoms with Gasteiger partial charge in [0.1, 0.15) is 0 Å². The van der Waals surface area contributed by atoms with E-state index >= 15 is 0 Å². The van der Waals surface area contributed by atoms with Crippen LogP contribution >= 0.6 is 0 Å². The quantitative estimate of drug-likeness (QED) is 0.528. The maximum Gasteiger partial charge on any atom is 0.0624 e. The molecular formula is C16H29N3O. The zero-order valence-electron chi connectivity index (χ0n) is 13.4. The molecule has 1 aromatic heterocycles. The van der Waals surface area contributed by atoms with Gasteiger partial charge in [-0.15, -0.1) is 6.58 Å². The van der Waals surface area contributed by atoms with E-state index in [4.69, 9.17) is 4.74 Å². The molecule has 1 rings (SSSR count). The number of nitrogens with zero attached hydrogens (tertiary/aromatic N) is 2. The molecule has 0 aromatic carbocycles. The van der Waals surface area contributed by atoms with Gasteiger partial charge in [0.15, 0.2) is 0 Å². The van der Waals surface area contributed by atoms with Crippen LogP contribution in [0.1, 0.15) is 32.2 Å². The van der Waals surface area contributed by atoms with Gasteiger partial charge in [-0.05, 0) is 25.8 Å². The van der Waals surface area contributed by atoms with Gasteiger partial charge in [-0.1, -0.05) is 19.9 Å². The zero-order chi connectivity index (χ0) is 15.0. The molecule has 0 aliphatic heterocycles. The van der Waals surface area contributed by atoms with Gasteiger partial charge in [0.05, 0.1) is 12.3 Å². The molecule has 1 heterocycles. The zero-order valence-corrected chi connectivity index (χ0v) is 13.4. The molecule has 1 unspecified atom stereocenters. The van der Waals surface area contributed by atoms with Gasteiger partial charge in [0.25, 0.3) is 0 Å². The van der Waals surface area contributed by atoms with Crippen LogP contribution in [0.4, 0.5) is 0 Å². The fourth-order valence-electron chi connectivity index (χ4n) is 2.27. The van der Waals surface area contributed by atoms with Crippen LogP contribution in [0.15, 0.2) is 18.7 Å². The maximum atomic E-state index is 5.06. The van der Waals surface area contributed by atoms with Crippen LogP contribution < -0.4 is 5.32 Å². The smallest absolute Gasteiger partial charge is 0.0624 e. The molecule has 0 saturated carbocycles. The lowest BCUT2D eigenvalue weighted by Crippen LogP contribution is -2.34. The second-order valence-electron chi connectivity index (χ2n) is 5.50. The summed E-state index contributed by atoms with van der Waals surface area (Å²) in [6, 6.07) is 2.22. The van der Waals surface area contributed by atoms with Gasteiger partial charge in [-0.25, -0.2) is 0 Å². The van der Waals surface area contributed by atoms with Gasteiger partial charge >= 0.3 is 0 Å². The average Bonchev–Trinajstić information content (AvgIpc) is 2.85. The normalized spacial score (nSPS) is 14.2. The minimum atomic E-state index is 0.0334. The molecule has 4 nitrogen and oxygen atoms in total. The molecule has 0 amide bonds. The summed E-state index contributed by atoms with van der Waals surface area (Å²) in [5.74, 6) is 0. The minimum Gasteiger partial charge on any atom is -0.383 e. The first-order chi connectivity index (χ1) is 9.58. The Labute approximate surface area is 123 Å². The van der Waals surface area contributed by atoms with E-state index in [0.717, 1.165) is 39.1 Å². The Balaban J connectivity index is 2.70. The number of nitrogens with one attached hydrogen (secondary N) is 1. The lowest BCUT2D eigenvalue weighted by Gasteiger charge is -2.26. The van der Waals surface area contributed by atoms with E-state index in [2.05, 4.69) is 48.5 Å². The van der Waals surface area contributed by atoms with Crippen molar-refractivity contribution in [3.63, 3.8) is 0 Å². The molecule has 4 heteroatoms. The highest BCUT2D eigenvalue weighted by Crippen LogP contribution is 2.24. The van der Waals surface area contributed by atoms with E-state index < -0.39 is 0 Å². The van der Waals surface area contributed by atoms with Crippen LogP contribution in [0.3, 0.4) is 0 Å². The van der Waals surface area contributed by atoms with Crippen molar-refractivity contribution in [1.82, 2.24) is 15.1 Å². The highest BCUT2D eigenvalue weighted by molar-refractivity contribution is 5.14. The van der Waals surface area contributed by atoms with Crippen LogP contribution in [-0.4, -0.2) is 36.6 Å². The monoisotopic (exact) mass is 279 g/mol. The van der Waals surface area contributed by atoms with Crippen molar-refractivity contribution < 1.29 is 4.74 Å². The standard InChI is InChI=1S/C16H29N3O/c1-6-14-11-15(19(8-3)18-14)12-16(4,7-2)13-17-9-10-20-5/h7,11,17H,2,6,8-10,12-13H2,1,3-5H3. The Morgan fingerprint density at radius 3 is 2.80 bits per heavy atom. The molecule has 0 aliphatic rings. The summed E-state index contributed by atoms with van der Waals surface area (Å²) in [6.45, 7) is 13.9. The van der Waals surface area contributed by atoms with Gasteiger partial charge in [-0.2, -0.15) is 5.10 Å². The van der Waals surface area contributed by atoms with Gasteiger partial charge in [0.2, 0.25) is 0 Å². The predicted molar refractivity (Wildman–Crippen MR) is 84.0 cm³/mol. The summed E-state index contributed by atoms with van der Waals surface area (Å²) in [7, 11) is 1.72. The summed E-state index contributed by atoms with van der Waals surface area (Å²) in [6.07, 6.45) is 3.99. The van der Waals surface area contributed by atoms with Crippen LogP contribution in [0, 0.1) is 5.41 Å². The van der Waals surface area contributed by atoms with Crippen molar-refractivity contribution in [3.05, 3.63) is 30.1 Å². The second-order valence-corrected chi connectivity index (χ2v) is 5.50. The Hall–Kier alpha value is -1.13. The van der Waals surface area contributed by atoms with E-state index in [1.807, 2.05) is 6.08 Å². The number of rotatable bonds is 10. The number of hydrogen-bond donors (Lipinski definition) is 1. The van der Waals surface area contributed by atoms with Crippen molar-refractivity contribution in [2.45, 2.75) is 40.2 Å². The van der Waals surface area contributed by atoms with Gasteiger partial charge in [-0.3, -0.25) is 4.68 Å². The van der Waals surface area contributed by atoms with Crippen molar-refractivity contribution in [2.75, 3.05) is 26.8 Å². The van der Waals surface area contributed by atoms with Crippen LogP contribution in [0.5, 0.6) is 0 Å². The molecule has 0 spiro atoms. The van der Waals surface area contributed by atoms with Crippen molar-refractivity contribution in [1.29, 1.82) is 0 Å². The first-order valence-electron chi connectivity index (χ1n) is 7.47. The van der Waals surface area contributed by atoms with Crippen LogP contribution in [0.25, 0.3) is 0 Å². The third kappa shape index (κ3) is 4.76. The first-order valence-corrected chi connectivity index (χ1v) is 7.47. The second kappa shape index (κ2) is 8.22. The summed E-state index contributed by atoms with van der Waals surface area (Å²) in [5.41, 5.74) is 2.49. The highest BCUT2D eigenvalue weighted by Gasteiger charge is 2.22. The molecular weight excluding hydrogens is 250 g/mol. The lowest BCUT2D eigenvalue weighted by atomic mass is 9.85. The molecule has 1 aromatic rings. The Morgan fingerprint density at radius 1 is 1.50 bits per heavy atom. The fourth-order valence-corrected chi connectivity index (χ4v) is 2.27. The molecule has 0 radical (unpaired) electrons. The van der Waals surface area contributed by atoms with Crippen molar-refractivity contribution in [3.8, 4) is 0 Å². The van der Waals surface area contributed by atoms with Gasteiger partial charge < -0.3 is 10.1 Å². The van der Waals surface area contributed by atoms with E-state index in [1.54, 1.807) is 7.11 Å². The lowest BCUT2D eigenvalue weighted by molar-refractivity contribution is 0.195. The third-order valence-electron chi connectivity index (χ3n) is 3.67. The largest absolute Gasteiger partial charge is 0.383 e.